The molecule has 3 rings (SSSR count). The van der Waals surface area contributed by atoms with Crippen molar-refractivity contribution < 1.29 is 4.74 Å². The summed E-state index contributed by atoms with van der Waals surface area (Å²) in [4.78, 5) is 14.6. The van der Waals surface area contributed by atoms with Crippen LogP contribution in [0, 0.1) is 6.92 Å². The fraction of sp³-hybridized carbons (Fsp3) is 0.357. The van der Waals surface area contributed by atoms with E-state index in [9.17, 15) is 0 Å². The summed E-state index contributed by atoms with van der Waals surface area (Å²) in [7, 11) is 0. The maximum absolute atomic E-state index is 5.98. The molecule has 7 heteroatoms. The monoisotopic (exact) mass is 305 g/mol. The van der Waals surface area contributed by atoms with Crippen LogP contribution < -0.4 is 15.4 Å². The van der Waals surface area contributed by atoms with Crippen LogP contribution in [0.1, 0.15) is 18.4 Å². The first-order valence-electron chi connectivity index (χ1n) is 6.82. The van der Waals surface area contributed by atoms with E-state index >= 15 is 0 Å². The summed E-state index contributed by atoms with van der Waals surface area (Å²) >= 11 is 5.98. The Labute approximate surface area is 127 Å². The third kappa shape index (κ3) is 3.16. The Kier molecular flexibility index (Phi) is 3.79. The SMILES string of the molecule is Cc1ccc(Cl)cc1Oc1nc(N)nc(N2CCCC2)n1. The molecule has 1 aliphatic rings. The van der Waals surface area contributed by atoms with Gasteiger partial charge in [-0.2, -0.15) is 15.0 Å². The molecule has 6 nitrogen and oxygen atoms in total. The Bertz CT molecular complexity index is 658. The Hall–Kier alpha value is -2.08. The van der Waals surface area contributed by atoms with Crippen molar-refractivity contribution in [1.82, 2.24) is 15.0 Å². The van der Waals surface area contributed by atoms with E-state index in [-0.39, 0.29) is 12.0 Å². The molecule has 0 saturated carbocycles. The molecule has 2 heterocycles. The van der Waals surface area contributed by atoms with Crippen molar-refractivity contribution in [2.45, 2.75) is 19.8 Å². The van der Waals surface area contributed by atoms with Gasteiger partial charge in [0.1, 0.15) is 5.75 Å². The molecule has 0 spiro atoms. The number of ether oxygens (including phenoxy) is 1. The number of nitrogens with two attached hydrogens (primary N) is 1. The minimum atomic E-state index is 0.154. The molecule has 110 valence electrons. The molecule has 2 aromatic rings. The first-order valence-corrected chi connectivity index (χ1v) is 7.20. The van der Waals surface area contributed by atoms with Gasteiger partial charge in [0.2, 0.25) is 11.9 Å². The molecule has 2 N–H and O–H groups in total. The van der Waals surface area contributed by atoms with E-state index in [2.05, 4.69) is 19.9 Å². The van der Waals surface area contributed by atoms with Crippen LogP contribution in [0.5, 0.6) is 11.8 Å². The van der Waals surface area contributed by atoms with Crippen molar-refractivity contribution in [3.63, 3.8) is 0 Å². The van der Waals surface area contributed by atoms with Gasteiger partial charge in [-0.1, -0.05) is 17.7 Å². The zero-order valence-corrected chi connectivity index (χ0v) is 12.5. The summed E-state index contributed by atoms with van der Waals surface area (Å²) in [6, 6.07) is 5.60. The Morgan fingerprint density at radius 2 is 1.95 bits per heavy atom. The molecule has 21 heavy (non-hydrogen) atoms. The normalized spacial score (nSPS) is 14.5. The number of anilines is 2. The Morgan fingerprint density at radius 3 is 2.71 bits per heavy atom. The van der Waals surface area contributed by atoms with Crippen LogP contribution in [0.3, 0.4) is 0 Å². The first kappa shape index (κ1) is 13.9. The number of hydrogen-bond acceptors (Lipinski definition) is 6. The lowest BCUT2D eigenvalue weighted by atomic mass is 10.2. The van der Waals surface area contributed by atoms with E-state index in [1.165, 1.54) is 0 Å². The maximum Gasteiger partial charge on any atom is 0.328 e. The second-order valence-corrected chi connectivity index (χ2v) is 5.42. The number of nitrogen functional groups attached to an aromatic ring is 1. The van der Waals surface area contributed by atoms with Gasteiger partial charge in [-0.25, -0.2) is 0 Å². The van der Waals surface area contributed by atoms with Gasteiger partial charge in [0, 0.05) is 18.1 Å². The Morgan fingerprint density at radius 1 is 1.19 bits per heavy atom. The molecular weight excluding hydrogens is 290 g/mol. The summed E-state index contributed by atoms with van der Waals surface area (Å²) in [6.45, 7) is 3.79. The molecule has 0 aliphatic carbocycles. The van der Waals surface area contributed by atoms with Crippen molar-refractivity contribution >= 4 is 23.5 Å². The molecule has 0 unspecified atom stereocenters. The van der Waals surface area contributed by atoms with Crippen molar-refractivity contribution in [1.29, 1.82) is 0 Å². The zero-order valence-electron chi connectivity index (χ0n) is 11.7. The molecular formula is C14H16ClN5O. The predicted octanol–water partition coefficient (Wildman–Crippen LogP) is 2.81. The number of hydrogen-bond donors (Lipinski definition) is 1. The van der Waals surface area contributed by atoms with Gasteiger partial charge in [0.25, 0.3) is 0 Å². The molecule has 0 radical (unpaired) electrons. The van der Waals surface area contributed by atoms with Gasteiger partial charge in [-0.3, -0.25) is 0 Å². The molecule has 1 aromatic carbocycles. The second-order valence-electron chi connectivity index (χ2n) is 4.98. The smallest absolute Gasteiger partial charge is 0.328 e. The topological polar surface area (TPSA) is 77.2 Å². The fourth-order valence-corrected chi connectivity index (χ4v) is 2.41. The highest BCUT2D eigenvalue weighted by atomic mass is 35.5. The van der Waals surface area contributed by atoms with E-state index in [0.29, 0.717) is 16.7 Å². The molecule has 1 saturated heterocycles. The quantitative estimate of drug-likeness (QED) is 0.939. The van der Waals surface area contributed by atoms with E-state index in [1.54, 1.807) is 12.1 Å². The van der Waals surface area contributed by atoms with Crippen LogP contribution in [0.4, 0.5) is 11.9 Å². The van der Waals surface area contributed by atoms with Crippen LogP contribution in [-0.2, 0) is 0 Å². The summed E-state index contributed by atoms with van der Waals surface area (Å²) in [5, 5.41) is 0.595. The van der Waals surface area contributed by atoms with E-state index in [4.69, 9.17) is 22.1 Å². The van der Waals surface area contributed by atoms with Crippen LogP contribution in [0.15, 0.2) is 18.2 Å². The van der Waals surface area contributed by atoms with Crippen LogP contribution in [0.2, 0.25) is 5.02 Å². The first-order chi connectivity index (χ1) is 10.1. The lowest BCUT2D eigenvalue weighted by molar-refractivity contribution is 0.437. The van der Waals surface area contributed by atoms with Gasteiger partial charge in [0.05, 0.1) is 0 Å². The lowest BCUT2D eigenvalue weighted by Crippen LogP contribution is -2.21. The minimum absolute atomic E-state index is 0.154. The highest BCUT2D eigenvalue weighted by Crippen LogP contribution is 2.27. The molecule has 1 fully saturated rings. The summed E-state index contributed by atoms with van der Waals surface area (Å²) in [5.41, 5.74) is 6.70. The lowest BCUT2D eigenvalue weighted by Gasteiger charge is -2.16. The number of halogens is 1. The summed E-state index contributed by atoms with van der Waals surface area (Å²) in [6.07, 6.45) is 2.27. The van der Waals surface area contributed by atoms with Gasteiger partial charge >= 0.3 is 6.01 Å². The standard InChI is InChI=1S/C14H16ClN5O/c1-9-4-5-10(15)8-11(9)21-14-18-12(16)17-13(19-14)20-6-2-3-7-20/h4-5,8H,2-3,6-7H2,1H3,(H2,16,17,18,19). The van der Waals surface area contributed by atoms with Crippen molar-refractivity contribution in [3.8, 4) is 11.8 Å². The van der Waals surface area contributed by atoms with Crippen molar-refractivity contribution in [3.05, 3.63) is 28.8 Å². The van der Waals surface area contributed by atoms with E-state index < -0.39 is 0 Å². The fourth-order valence-electron chi connectivity index (χ4n) is 2.25. The van der Waals surface area contributed by atoms with Crippen molar-refractivity contribution in [2.75, 3.05) is 23.7 Å². The van der Waals surface area contributed by atoms with E-state index in [1.807, 2.05) is 13.0 Å². The molecule has 1 aliphatic heterocycles. The molecule has 0 bridgehead atoms. The third-order valence-corrected chi connectivity index (χ3v) is 3.60. The largest absolute Gasteiger partial charge is 0.424 e. The number of aryl methyl sites for hydroxylation is 1. The molecule has 0 atom stereocenters. The molecule has 0 amide bonds. The maximum atomic E-state index is 5.98. The highest BCUT2D eigenvalue weighted by Gasteiger charge is 2.17. The number of aromatic nitrogens is 3. The van der Waals surface area contributed by atoms with Gasteiger partial charge in [-0.15, -0.1) is 0 Å². The Balaban J connectivity index is 1.89. The van der Waals surface area contributed by atoms with Gasteiger partial charge in [0.15, 0.2) is 0 Å². The van der Waals surface area contributed by atoms with Crippen LogP contribution >= 0.6 is 11.6 Å². The number of rotatable bonds is 3. The second kappa shape index (κ2) is 5.73. The van der Waals surface area contributed by atoms with Gasteiger partial charge in [-0.05, 0) is 37.5 Å². The zero-order chi connectivity index (χ0) is 14.8. The van der Waals surface area contributed by atoms with Crippen LogP contribution in [0.25, 0.3) is 0 Å². The highest BCUT2D eigenvalue weighted by molar-refractivity contribution is 6.30. The van der Waals surface area contributed by atoms with E-state index in [0.717, 1.165) is 31.5 Å². The number of nitrogens with zero attached hydrogens (tertiary/aromatic N) is 4. The summed E-state index contributed by atoms with van der Waals surface area (Å²) in [5.74, 6) is 1.33. The molecule has 1 aromatic heterocycles. The average molecular weight is 306 g/mol. The van der Waals surface area contributed by atoms with Gasteiger partial charge < -0.3 is 15.4 Å². The third-order valence-electron chi connectivity index (χ3n) is 3.36. The predicted molar refractivity (Wildman–Crippen MR) is 81.9 cm³/mol. The minimum Gasteiger partial charge on any atom is -0.424 e. The number of benzene rings is 1. The summed E-state index contributed by atoms with van der Waals surface area (Å²) < 4.78 is 5.72. The average Bonchev–Trinajstić information content (AvgIpc) is 2.96. The van der Waals surface area contributed by atoms with Crippen molar-refractivity contribution in [2.24, 2.45) is 0 Å². The van der Waals surface area contributed by atoms with Crippen LogP contribution in [-0.4, -0.2) is 28.0 Å².